The first-order chi connectivity index (χ1) is 6.48. The minimum atomic E-state index is -4.32. The summed E-state index contributed by atoms with van der Waals surface area (Å²) in [5.41, 5.74) is 0.292. The fourth-order valence-corrected chi connectivity index (χ4v) is 1.50. The van der Waals surface area contributed by atoms with Crippen LogP contribution in [0.3, 0.4) is 0 Å². The largest absolute Gasteiger partial charge is 0.416 e. The highest BCUT2D eigenvalue weighted by atomic mass is 35.5. The lowest BCUT2D eigenvalue weighted by molar-refractivity contribution is -0.137. The third-order valence-electron chi connectivity index (χ3n) is 1.99. The molecule has 1 aromatic carbocycles. The molecule has 0 atom stereocenters. The van der Waals surface area contributed by atoms with Gasteiger partial charge in [0.2, 0.25) is 0 Å². The van der Waals surface area contributed by atoms with Gasteiger partial charge in [0.1, 0.15) is 6.67 Å². The minimum absolute atomic E-state index is 0.318. The molecular weight excluding hydrogens is 217 g/mol. The Hall–Kier alpha value is -1.10. The lowest BCUT2D eigenvalue weighted by Crippen LogP contribution is -2.10. The molecule has 0 bridgehead atoms. The van der Waals surface area contributed by atoms with Crippen LogP contribution in [-0.2, 0) is 6.18 Å². The van der Waals surface area contributed by atoms with Crippen LogP contribution in [0.2, 0.25) is 0 Å². The van der Waals surface area contributed by atoms with Gasteiger partial charge in [-0.25, -0.2) is 0 Å². The highest BCUT2D eigenvalue weighted by molar-refractivity contribution is 6.27. The first-order valence-corrected chi connectivity index (χ1v) is 4.21. The Bertz CT molecular complexity index is 364. The summed E-state index contributed by atoms with van der Waals surface area (Å²) >= 11 is 5.67. The Morgan fingerprint density at radius 3 is 2.71 bits per heavy atom. The predicted molar refractivity (Wildman–Crippen MR) is 48.3 cm³/mol. The number of hydrogen-bond donors (Lipinski definition) is 1. The van der Waals surface area contributed by atoms with Gasteiger partial charge in [-0.2, -0.15) is 13.2 Å². The standard InChI is InChI=1S/C8H6ClF3N2/c9-14-4-13-6-2-1-5(3-7(6)14)8(10,11)12/h1-3,13H,4H2. The second-order valence-electron chi connectivity index (χ2n) is 2.93. The topological polar surface area (TPSA) is 15.3 Å². The van der Waals surface area contributed by atoms with Crippen LogP contribution in [0, 0.1) is 0 Å². The van der Waals surface area contributed by atoms with Crippen molar-refractivity contribution in [1.29, 1.82) is 0 Å². The van der Waals surface area contributed by atoms with Crippen LogP contribution in [0.15, 0.2) is 18.2 Å². The van der Waals surface area contributed by atoms with Crippen molar-refractivity contribution < 1.29 is 13.2 Å². The Balaban J connectivity index is 2.45. The number of nitrogens with zero attached hydrogens (tertiary/aromatic N) is 1. The second kappa shape index (κ2) is 2.95. The maximum absolute atomic E-state index is 12.3. The van der Waals surface area contributed by atoms with Crippen LogP contribution in [0.1, 0.15) is 5.56 Å². The molecule has 2 rings (SSSR count). The SMILES string of the molecule is FC(F)(F)c1ccc2c(c1)N(Cl)CN2. The van der Waals surface area contributed by atoms with E-state index in [4.69, 9.17) is 11.8 Å². The van der Waals surface area contributed by atoms with E-state index < -0.39 is 11.7 Å². The highest BCUT2D eigenvalue weighted by Gasteiger charge is 2.32. The van der Waals surface area contributed by atoms with Crippen molar-refractivity contribution in [3.8, 4) is 0 Å². The Kier molecular flexibility index (Phi) is 1.99. The van der Waals surface area contributed by atoms with Gasteiger partial charge in [-0.05, 0) is 18.2 Å². The van der Waals surface area contributed by atoms with E-state index in [1.807, 2.05) is 0 Å². The van der Waals surface area contributed by atoms with Gasteiger partial charge in [-0.15, -0.1) is 0 Å². The molecule has 0 aliphatic carbocycles. The maximum Gasteiger partial charge on any atom is 0.416 e. The molecule has 1 N–H and O–H groups in total. The molecule has 1 aromatic rings. The van der Waals surface area contributed by atoms with Gasteiger partial charge in [0, 0.05) is 11.8 Å². The highest BCUT2D eigenvalue weighted by Crippen LogP contribution is 2.38. The number of rotatable bonds is 0. The zero-order valence-electron chi connectivity index (χ0n) is 6.90. The summed E-state index contributed by atoms with van der Waals surface area (Å²) in [6.07, 6.45) is -4.32. The molecule has 0 saturated heterocycles. The van der Waals surface area contributed by atoms with Crippen molar-refractivity contribution in [2.75, 3.05) is 16.4 Å². The van der Waals surface area contributed by atoms with Crippen LogP contribution < -0.4 is 9.74 Å². The molecule has 0 aromatic heterocycles. The molecule has 0 amide bonds. The van der Waals surface area contributed by atoms with Gasteiger partial charge >= 0.3 is 6.18 Å². The molecule has 0 saturated carbocycles. The van der Waals surface area contributed by atoms with E-state index in [9.17, 15) is 13.2 Å². The number of benzene rings is 1. The van der Waals surface area contributed by atoms with E-state index in [-0.39, 0.29) is 0 Å². The summed E-state index contributed by atoms with van der Waals surface area (Å²) in [6.45, 7) is 0.318. The molecule has 76 valence electrons. The van der Waals surface area contributed by atoms with Crippen molar-refractivity contribution in [2.24, 2.45) is 0 Å². The predicted octanol–water partition coefficient (Wildman–Crippen LogP) is 3.05. The number of fused-ring (bicyclic) bond motifs is 1. The molecule has 0 fully saturated rings. The van der Waals surface area contributed by atoms with Crippen LogP contribution in [0.25, 0.3) is 0 Å². The Morgan fingerprint density at radius 2 is 2.07 bits per heavy atom. The first kappa shape index (κ1) is 9.45. The van der Waals surface area contributed by atoms with E-state index in [0.29, 0.717) is 18.0 Å². The summed E-state index contributed by atoms with van der Waals surface area (Å²) in [5, 5.41) is 2.86. The molecule has 1 aliphatic heterocycles. The number of anilines is 2. The molecule has 2 nitrogen and oxygen atoms in total. The lowest BCUT2D eigenvalue weighted by atomic mass is 10.2. The monoisotopic (exact) mass is 222 g/mol. The van der Waals surface area contributed by atoms with Crippen LogP contribution >= 0.6 is 11.8 Å². The zero-order chi connectivity index (χ0) is 10.3. The molecule has 0 radical (unpaired) electrons. The second-order valence-corrected chi connectivity index (χ2v) is 3.33. The average molecular weight is 223 g/mol. The van der Waals surface area contributed by atoms with Crippen molar-refractivity contribution in [3.05, 3.63) is 23.8 Å². The van der Waals surface area contributed by atoms with E-state index >= 15 is 0 Å². The fraction of sp³-hybridized carbons (Fsp3) is 0.250. The molecule has 0 unspecified atom stereocenters. The van der Waals surface area contributed by atoms with Crippen molar-refractivity contribution in [2.45, 2.75) is 6.18 Å². The Labute approximate surface area is 83.4 Å². The molecule has 1 heterocycles. The number of halogens is 4. The van der Waals surface area contributed by atoms with Crippen LogP contribution in [0.5, 0.6) is 0 Å². The molecular formula is C8H6ClF3N2. The quantitative estimate of drug-likeness (QED) is 0.679. The number of alkyl halides is 3. The van der Waals surface area contributed by atoms with Crippen molar-refractivity contribution in [1.82, 2.24) is 0 Å². The normalized spacial score (nSPS) is 15.3. The smallest absolute Gasteiger partial charge is 0.365 e. The molecule has 6 heteroatoms. The molecule has 14 heavy (non-hydrogen) atoms. The summed E-state index contributed by atoms with van der Waals surface area (Å²) in [7, 11) is 0. The van der Waals surface area contributed by atoms with Crippen LogP contribution in [-0.4, -0.2) is 6.67 Å². The molecule has 1 aliphatic rings. The average Bonchev–Trinajstić information content (AvgIpc) is 2.46. The zero-order valence-corrected chi connectivity index (χ0v) is 7.65. The minimum Gasteiger partial charge on any atom is -0.365 e. The number of hydrogen-bond acceptors (Lipinski definition) is 2. The summed E-state index contributed by atoms with van der Waals surface area (Å²) < 4.78 is 38.1. The summed E-state index contributed by atoms with van der Waals surface area (Å²) in [4.78, 5) is 0. The van der Waals surface area contributed by atoms with Crippen LogP contribution in [0.4, 0.5) is 24.5 Å². The van der Waals surface area contributed by atoms with Crippen molar-refractivity contribution in [3.63, 3.8) is 0 Å². The van der Waals surface area contributed by atoms with E-state index in [2.05, 4.69) is 5.32 Å². The van der Waals surface area contributed by atoms with Gasteiger partial charge < -0.3 is 5.32 Å². The summed E-state index contributed by atoms with van der Waals surface area (Å²) in [6, 6.07) is 3.44. The fourth-order valence-electron chi connectivity index (χ4n) is 1.30. The van der Waals surface area contributed by atoms with Crippen molar-refractivity contribution >= 4 is 23.2 Å². The lowest BCUT2D eigenvalue weighted by Gasteiger charge is -2.10. The van der Waals surface area contributed by atoms with Gasteiger partial charge in [0.25, 0.3) is 0 Å². The van der Waals surface area contributed by atoms with Gasteiger partial charge in [-0.3, -0.25) is 4.42 Å². The number of nitrogens with one attached hydrogen (secondary N) is 1. The van der Waals surface area contributed by atoms with E-state index in [1.165, 1.54) is 10.5 Å². The first-order valence-electron chi connectivity index (χ1n) is 3.87. The van der Waals surface area contributed by atoms with Gasteiger partial charge in [-0.1, -0.05) is 0 Å². The molecule has 0 spiro atoms. The summed E-state index contributed by atoms with van der Waals surface area (Å²) in [5.74, 6) is 0. The maximum atomic E-state index is 12.3. The van der Waals surface area contributed by atoms with E-state index in [1.54, 1.807) is 0 Å². The third-order valence-corrected chi connectivity index (χ3v) is 2.30. The van der Waals surface area contributed by atoms with Gasteiger partial charge in [0.05, 0.1) is 16.9 Å². The Morgan fingerprint density at radius 1 is 1.36 bits per heavy atom. The van der Waals surface area contributed by atoms with Gasteiger partial charge in [0.15, 0.2) is 0 Å². The third kappa shape index (κ3) is 1.48. The van der Waals surface area contributed by atoms with E-state index in [0.717, 1.165) is 12.1 Å².